The molecule has 7 heteroatoms. The Bertz CT molecular complexity index is 776. The summed E-state index contributed by atoms with van der Waals surface area (Å²) < 4.78 is 26.8. The molecule has 1 N–H and O–H groups in total. The van der Waals surface area contributed by atoms with E-state index in [1.807, 2.05) is 6.07 Å². The van der Waals surface area contributed by atoms with Crippen molar-refractivity contribution in [1.29, 1.82) is 5.26 Å². The maximum absolute atomic E-state index is 12.2. The van der Waals surface area contributed by atoms with Crippen LogP contribution in [0.1, 0.15) is 16.7 Å². The van der Waals surface area contributed by atoms with Gasteiger partial charge in [0.2, 0.25) is 10.0 Å². The largest absolute Gasteiger partial charge is 0.280 e. The Balaban J connectivity index is 2.21. The van der Waals surface area contributed by atoms with Crippen LogP contribution in [0.2, 0.25) is 5.15 Å². The molecule has 0 bridgehead atoms. The molecule has 1 aromatic heterocycles. The monoisotopic (exact) mass is 321 g/mol. The van der Waals surface area contributed by atoms with Crippen LogP contribution in [0.4, 0.5) is 5.69 Å². The summed E-state index contributed by atoms with van der Waals surface area (Å²) >= 11 is 5.90. The first-order valence-electron chi connectivity index (χ1n) is 6.02. The highest BCUT2D eigenvalue weighted by Gasteiger charge is 2.15. The third-order valence-electron chi connectivity index (χ3n) is 2.81. The predicted octanol–water partition coefficient (Wildman–Crippen LogP) is 2.86. The van der Waals surface area contributed by atoms with Gasteiger partial charge in [-0.15, -0.1) is 0 Å². The van der Waals surface area contributed by atoms with E-state index in [9.17, 15) is 8.42 Å². The smallest absolute Gasteiger partial charge is 0.237 e. The molecule has 0 saturated heterocycles. The molecule has 0 unspecified atom stereocenters. The highest BCUT2D eigenvalue weighted by molar-refractivity contribution is 7.91. The van der Waals surface area contributed by atoms with Crippen molar-refractivity contribution in [3.8, 4) is 6.07 Å². The van der Waals surface area contributed by atoms with Crippen molar-refractivity contribution in [3.63, 3.8) is 0 Å². The molecule has 0 spiro atoms. The molecule has 0 aliphatic carbocycles. The number of pyridine rings is 1. The van der Waals surface area contributed by atoms with Crippen LogP contribution in [0, 0.1) is 18.3 Å². The Labute approximate surface area is 128 Å². The van der Waals surface area contributed by atoms with Gasteiger partial charge in [0.15, 0.2) is 5.15 Å². The second kappa shape index (κ2) is 6.12. The second-order valence-electron chi connectivity index (χ2n) is 4.46. The van der Waals surface area contributed by atoms with Gasteiger partial charge < -0.3 is 0 Å². The van der Waals surface area contributed by atoms with E-state index in [0.717, 1.165) is 0 Å². The number of aromatic nitrogens is 1. The summed E-state index contributed by atoms with van der Waals surface area (Å²) in [6, 6.07) is 10.0. The predicted molar refractivity (Wildman–Crippen MR) is 81.4 cm³/mol. The van der Waals surface area contributed by atoms with Crippen molar-refractivity contribution in [3.05, 3.63) is 58.4 Å². The lowest BCUT2D eigenvalue weighted by atomic mass is 10.2. The number of rotatable bonds is 4. The lowest BCUT2D eigenvalue weighted by Gasteiger charge is -2.11. The van der Waals surface area contributed by atoms with E-state index < -0.39 is 10.0 Å². The molecule has 0 aliphatic rings. The molecule has 0 atom stereocenters. The number of aryl methyl sites for hydroxylation is 1. The summed E-state index contributed by atoms with van der Waals surface area (Å²) in [5.74, 6) is -0.205. The normalized spacial score (nSPS) is 10.9. The van der Waals surface area contributed by atoms with Crippen LogP contribution < -0.4 is 4.72 Å². The first-order chi connectivity index (χ1) is 9.91. The Morgan fingerprint density at radius 2 is 1.95 bits per heavy atom. The van der Waals surface area contributed by atoms with Crippen LogP contribution in [-0.2, 0) is 15.8 Å². The minimum Gasteiger partial charge on any atom is -0.280 e. The van der Waals surface area contributed by atoms with Gasteiger partial charge >= 0.3 is 0 Å². The quantitative estimate of drug-likeness (QED) is 0.878. The average Bonchev–Trinajstić information content (AvgIpc) is 2.43. The molecule has 21 heavy (non-hydrogen) atoms. The van der Waals surface area contributed by atoms with Gasteiger partial charge in [-0.1, -0.05) is 23.7 Å². The number of nitrogens with one attached hydrogen (secondary N) is 1. The number of hydrogen-bond donors (Lipinski definition) is 1. The van der Waals surface area contributed by atoms with Gasteiger partial charge in [0.25, 0.3) is 0 Å². The second-order valence-corrected chi connectivity index (χ2v) is 6.54. The number of anilines is 1. The minimum atomic E-state index is -3.61. The number of halogens is 1. The molecule has 0 saturated carbocycles. The number of benzene rings is 1. The topological polar surface area (TPSA) is 82.8 Å². The molecule has 0 aliphatic heterocycles. The van der Waals surface area contributed by atoms with E-state index in [1.54, 1.807) is 37.3 Å². The molecule has 0 fully saturated rings. The highest BCUT2D eigenvalue weighted by Crippen LogP contribution is 2.24. The van der Waals surface area contributed by atoms with Crippen LogP contribution in [0.5, 0.6) is 0 Å². The Kier molecular flexibility index (Phi) is 4.46. The molecule has 1 heterocycles. The van der Waals surface area contributed by atoms with E-state index in [1.165, 1.54) is 6.20 Å². The Hall–Kier alpha value is -2.10. The lowest BCUT2D eigenvalue weighted by molar-refractivity contribution is 0.600. The Morgan fingerprint density at radius 3 is 2.52 bits per heavy atom. The van der Waals surface area contributed by atoms with Crippen molar-refractivity contribution >= 4 is 27.3 Å². The maximum Gasteiger partial charge on any atom is 0.237 e. The number of hydrogen-bond acceptors (Lipinski definition) is 4. The Morgan fingerprint density at radius 1 is 1.29 bits per heavy atom. The van der Waals surface area contributed by atoms with Crippen molar-refractivity contribution in [2.24, 2.45) is 0 Å². The standard InChI is InChI=1S/C14H12ClN3O2S/c1-10-6-7-17-14(15)13(10)18-21(19,20)9-12-4-2-11(8-16)3-5-12/h2-7,18H,9H2,1H3. The molecule has 0 amide bonds. The summed E-state index contributed by atoms with van der Waals surface area (Å²) in [4.78, 5) is 3.86. The fourth-order valence-electron chi connectivity index (χ4n) is 1.73. The minimum absolute atomic E-state index is 0.110. The first kappa shape index (κ1) is 15.3. The lowest BCUT2D eigenvalue weighted by Crippen LogP contribution is -2.16. The van der Waals surface area contributed by atoms with Gasteiger partial charge in [0.05, 0.1) is 23.1 Å². The van der Waals surface area contributed by atoms with Crippen molar-refractivity contribution in [2.75, 3.05) is 4.72 Å². The van der Waals surface area contributed by atoms with Gasteiger partial charge in [0, 0.05) is 6.20 Å². The van der Waals surface area contributed by atoms with Crippen molar-refractivity contribution in [1.82, 2.24) is 4.98 Å². The third-order valence-corrected chi connectivity index (χ3v) is 4.33. The van der Waals surface area contributed by atoms with Crippen molar-refractivity contribution in [2.45, 2.75) is 12.7 Å². The number of nitrogens with zero attached hydrogens (tertiary/aromatic N) is 2. The van der Waals surface area contributed by atoms with Crippen molar-refractivity contribution < 1.29 is 8.42 Å². The summed E-state index contributed by atoms with van der Waals surface area (Å²) in [6.07, 6.45) is 1.51. The zero-order chi connectivity index (χ0) is 15.5. The molecule has 0 radical (unpaired) electrons. The maximum atomic E-state index is 12.2. The average molecular weight is 322 g/mol. The highest BCUT2D eigenvalue weighted by atomic mass is 35.5. The molecular formula is C14H12ClN3O2S. The SMILES string of the molecule is Cc1ccnc(Cl)c1NS(=O)(=O)Cc1ccc(C#N)cc1. The van der Waals surface area contributed by atoms with Crippen LogP contribution >= 0.6 is 11.6 Å². The van der Waals surface area contributed by atoms with E-state index in [0.29, 0.717) is 16.7 Å². The van der Waals surface area contributed by atoms with Crippen LogP contribution in [0.3, 0.4) is 0 Å². The molecule has 5 nitrogen and oxygen atoms in total. The number of sulfonamides is 1. The van der Waals surface area contributed by atoms with Crippen LogP contribution in [0.25, 0.3) is 0 Å². The van der Waals surface area contributed by atoms with Gasteiger partial charge in [-0.25, -0.2) is 13.4 Å². The molecule has 2 aromatic rings. The molecule has 2 rings (SSSR count). The fraction of sp³-hybridized carbons (Fsp3) is 0.143. The van der Waals surface area contributed by atoms with Crippen LogP contribution in [-0.4, -0.2) is 13.4 Å². The van der Waals surface area contributed by atoms with Gasteiger partial charge in [-0.2, -0.15) is 5.26 Å². The first-order valence-corrected chi connectivity index (χ1v) is 8.05. The van der Waals surface area contributed by atoms with Gasteiger partial charge in [-0.05, 0) is 36.2 Å². The summed E-state index contributed by atoms with van der Waals surface area (Å²) in [5, 5.41) is 8.82. The summed E-state index contributed by atoms with van der Waals surface area (Å²) in [7, 11) is -3.61. The van der Waals surface area contributed by atoms with E-state index in [4.69, 9.17) is 16.9 Å². The molecule has 1 aromatic carbocycles. The van der Waals surface area contributed by atoms with E-state index in [-0.39, 0.29) is 16.6 Å². The third kappa shape index (κ3) is 3.94. The molecular weight excluding hydrogens is 310 g/mol. The van der Waals surface area contributed by atoms with Crippen LogP contribution in [0.15, 0.2) is 36.5 Å². The summed E-state index contributed by atoms with van der Waals surface area (Å²) in [6.45, 7) is 1.74. The fourth-order valence-corrected chi connectivity index (χ4v) is 3.31. The zero-order valence-corrected chi connectivity index (χ0v) is 12.7. The van der Waals surface area contributed by atoms with Gasteiger partial charge in [0.1, 0.15) is 0 Å². The van der Waals surface area contributed by atoms with Gasteiger partial charge in [-0.3, -0.25) is 4.72 Å². The number of nitriles is 1. The zero-order valence-electron chi connectivity index (χ0n) is 11.2. The summed E-state index contributed by atoms with van der Waals surface area (Å²) in [5.41, 5.74) is 2.04. The molecule has 108 valence electrons. The van der Waals surface area contributed by atoms with E-state index in [2.05, 4.69) is 9.71 Å². The van der Waals surface area contributed by atoms with E-state index >= 15 is 0 Å².